The molecule has 0 heterocycles. The van der Waals surface area contributed by atoms with Crippen LogP contribution in [0.1, 0.15) is 25.8 Å². The van der Waals surface area contributed by atoms with Gasteiger partial charge in [-0.2, -0.15) is 0 Å². The fourth-order valence-corrected chi connectivity index (χ4v) is 1.30. The van der Waals surface area contributed by atoms with Gasteiger partial charge in [0.1, 0.15) is 0 Å². The number of carbonyl (C=O) groups is 1. The average Bonchev–Trinajstić information content (AvgIpc) is 2.15. The lowest BCUT2D eigenvalue weighted by Crippen LogP contribution is -2.30. The lowest BCUT2D eigenvalue weighted by atomic mass is 10.1. The van der Waals surface area contributed by atoms with E-state index in [1.54, 1.807) is 0 Å². The van der Waals surface area contributed by atoms with Crippen LogP contribution in [0.4, 0.5) is 0 Å². The third-order valence-electron chi connectivity index (χ3n) is 1.93. The van der Waals surface area contributed by atoms with Crippen LogP contribution in [0.2, 0.25) is 0 Å². The molecule has 14 heavy (non-hydrogen) atoms. The fraction of sp³-hybridized carbons (Fsp3) is 0.417. The van der Waals surface area contributed by atoms with Crippen molar-refractivity contribution in [1.82, 2.24) is 5.32 Å². The number of hydrogen-bond donors (Lipinski definition) is 1. The van der Waals surface area contributed by atoms with E-state index in [2.05, 4.69) is 5.32 Å². The number of carbonyl (C=O) groups excluding carboxylic acids is 1. The summed E-state index contributed by atoms with van der Waals surface area (Å²) in [5, 5.41) is 2.87. The Balaban J connectivity index is 2.31. The minimum Gasteiger partial charge on any atom is -0.354 e. The first kappa shape index (κ1) is 10.8. The molecular formula is C12H17NO. The summed E-state index contributed by atoms with van der Waals surface area (Å²) in [5.74, 6) is 0.129. The summed E-state index contributed by atoms with van der Waals surface area (Å²) < 4.78 is 0. The standard InChI is InChI=1S/C12H17NO/c1-10(2)13-12(14)9-8-11-6-4-3-5-7-11/h3-7,10H,8-9H2,1-2H3,(H,13,14). The van der Waals surface area contributed by atoms with Crippen LogP contribution in [0.5, 0.6) is 0 Å². The number of nitrogens with one attached hydrogen (secondary N) is 1. The van der Waals surface area contributed by atoms with Gasteiger partial charge in [0.25, 0.3) is 0 Å². The highest BCUT2D eigenvalue weighted by molar-refractivity contribution is 5.76. The summed E-state index contributed by atoms with van der Waals surface area (Å²) in [6.07, 6.45) is 1.39. The average molecular weight is 191 g/mol. The predicted molar refractivity (Wildman–Crippen MR) is 58.0 cm³/mol. The van der Waals surface area contributed by atoms with Gasteiger partial charge in [0.15, 0.2) is 0 Å². The van der Waals surface area contributed by atoms with Gasteiger partial charge in [0, 0.05) is 12.5 Å². The Morgan fingerprint density at radius 2 is 1.93 bits per heavy atom. The molecule has 1 rings (SSSR count). The van der Waals surface area contributed by atoms with Crippen LogP contribution in [-0.2, 0) is 11.2 Å². The van der Waals surface area contributed by atoms with E-state index < -0.39 is 0 Å². The molecule has 0 aliphatic carbocycles. The normalized spacial score (nSPS) is 10.2. The monoisotopic (exact) mass is 191 g/mol. The Morgan fingerprint density at radius 1 is 1.29 bits per heavy atom. The molecule has 0 atom stereocenters. The maximum Gasteiger partial charge on any atom is 0.220 e. The molecule has 0 aromatic heterocycles. The van der Waals surface area contributed by atoms with Crippen molar-refractivity contribution in [3.8, 4) is 0 Å². The molecule has 1 aromatic rings. The number of rotatable bonds is 4. The van der Waals surface area contributed by atoms with Crippen LogP contribution < -0.4 is 5.32 Å². The van der Waals surface area contributed by atoms with Crippen LogP contribution in [0.25, 0.3) is 0 Å². The molecule has 0 spiro atoms. The second-order valence-electron chi connectivity index (χ2n) is 3.71. The molecule has 76 valence electrons. The first-order valence-electron chi connectivity index (χ1n) is 5.02. The van der Waals surface area contributed by atoms with Crippen molar-refractivity contribution >= 4 is 5.91 Å². The van der Waals surface area contributed by atoms with Gasteiger partial charge in [0.2, 0.25) is 5.91 Å². The van der Waals surface area contributed by atoms with Gasteiger partial charge in [-0.25, -0.2) is 0 Å². The molecule has 2 heteroatoms. The highest BCUT2D eigenvalue weighted by Crippen LogP contribution is 2.02. The lowest BCUT2D eigenvalue weighted by molar-refractivity contribution is -0.121. The van der Waals surface area contributed by atoms with Crippen molar-refractivity contribution in [2.45, 2.75) is 32.7 Å². The summed E-state index contributed by atoms with van der Waals surface area (Å²) in [6, 6.07) is 10.3. The van der Waals surface area contributed by atoms with Gasteiger partial charge in [-0.05, 0) is 25.8 Å². The molecule has 1 amide bonds. The smallest absolute Gasteiger partial charge is 0.220 e. The van der Waals surface area contributed by atoms with E-state index in [-0.39, 0.29) is 11.9 Å². The summed E-state index contributed by atoms with van der Waals surface area (Å²) in [6.45, 7) is 3.95. The molecule has 0 saturated heterocycles. The Morgan fingerprint density at radius 3 is 2.50 bits per heavy atom. The Hall–Kier alpha value is -1.31. The Bertz CT molecular complexity index is 280. The topological polar surface area (TPSA) is 29.1 Å². The zero-order chi connectivity index (χ0) is 10.4. The third kappa shape index (κ3) is 4.08. The quantitative estimate of drug-likeness (QED) is 0.776. The van der Waals surface area contributed by atoms with Gasteiger partial charge >= 0.3 is 0 Å². The third-order valence-corrected chi connectivity index (χ3v) is 1.93. The number of amides is 1. The molecule has 0 bridgehead atoms. The molecule has 0 radical (unpaired) electrons. The van der Waals surface area contributed by atoms with E-state index in [0.717, 1.165) is 6.42 Å². The van der Waals surface area contributed by atoms with E-state index in [4.69, 9.17) is 0 Å². The molecule has 0 unspecified atom stereocenters. The Kier molecular flexibility index (Phi) is 4.17. The van der Waals surface area contributed by atoms with Crippen molar-refractivity contribution < 1.29 is 4.79 Å². The zero-order valence-corrected chi connectivity index (χ0v) is 8.79. The molecule has 0 fully saturated rings. The minimum absolute atomic E-state index is 0.129. The van der Waals surface area contributed by atoms with Gasteiger partial charge in [-0.3, -0.25) is 4.79 Å². The van der Waals surface area contributed by atoms with Crippen molar-refractivity contribution in [2.75, 3.05) is 0 Å². The minimum atomic E-state index is 0.129. The van der Waals surface area contributed by atoms with Gasteiger partial charge in [-0.1, -0.05) is 30.3 Å². The van der Waals surface area contributed by atoms with Crippen LogP contribution in [-0.4, -0.2) is 11.9 Å². The van der Waals surface area contributed by atoms with Crippen molar-refractivity contribution in [1.29, 1.82) is 0 Å². The van der Waals surface area contributed by atoms with E-state index in [1.165, 1.54) is 5.56 Å². The summed E-state index contributed by atoms with van der Waals surface area (Å²) in [5.41, 5.74) is 1.21. The van der Waals surface area contributed by atoms with Crippen molar-refractivity contribution in [3.63, 3.8) is 0 Å². The number of aryl methyl sites for hydroxylation is 1. The molecular weight excluding hydrogens is 174 g/mol. The SMILES string of the molecule is CC(C)NC(=O)CCc1ccccc1. The maximum absolute atomic E-state index is 11.3. The first-order chi connectivity index (χ1) is 6.68. The molecule has 0 saturated carbocycles. The molecule has 2 nitrogen and oxygen atoms in total. The van der Waals surface area contributed by atoms with E-state index in [0.29, 0.717) is 6.42 Å². The largest absolute Gasteiger partial charge is 0.354 e. The van der Waals surface area contributed by atoms with E-state index >= 15 is 0 Å². The van der Waals surface area contributed by atoms with E-state index in [1.807, 2.05) is 44.2 Å². The highest BCUT2D eigenvalue weighted by Gasteiger charge is 2.02. The van der Waals surface area contributed by atoms with Crippen LogP contribution in [0.15, 0.2) is 30.3 Å². The van der Waals surface area contributed by atoms with Gasteiger partial charge in [-0.15, -0.1) is 0 Å². The van der Waals surface area contributed by atoms with Crippen LogP contribution in [0, 0.1) is 0 Å². The van der Waals surface area contributed by atoms with E-state index in [9.17, 15) is 4.79 Å². The molecule has 1 aromatic carbocycles. The zero-order valence-electron chi connectivity index (χ0n) is 8.79. The van der Waals surface area contributed by atoms with Crippen molar-refractivity contribution in [2.24, 2.45) is 0 Å². The molecule has 1 N–H and O–H groups in total. The molecule has 0 aliphatic rings. The summed E-state index contributed by atoms with van der Waals surface area (Å²) in [4.78, 5) is 11.3. The van der Waals surface area contributed by atoms with Crippen LogP contribution in [0.3, 0.4) is 0 Å². The van der Waals surface area contributed by atoms with Crippen LogP contribution >= 0.6 is 0 Å². The van der Waals surface area contributed by atoms with Gasteiger partial charge in [0.05, 0.1) is 0 Å². The second kappa shape index (κ2) is 5.43. The maximum atomic E-state index is 11.3. The fourth-order valence-electron chi connectivity index (χ4n) is 1.30. The van der Waals surface area contributed by atoms with Gasteiger partial charge < -0.3 is 5.32 Å². The first-order valence-corrected chi connectivity index (χ1v) is 5.02. The molecule has 0 aliphatic heterocycles. The lowest BCUT2D eigenvalue weighted by Gasteiger charge is -2.07. The number of benzene rings is 1. The Labute approximate surface area is 85.3 Å². The number of hydrogen-bond acceptors (Lipinski definition) is 1. The second-order valence-corrected chi connectivity index (χ2v) is 3.71. The predicted octanol–water partition coefficient (Wildman–Crippen LogP) is 2.14. The highest BCUT2D eigenvalue weighted by atomic mass is 16.1. The summed E-state index contributed by atoms with van der Waals surface area (Å²) in [7, 11) is 0. The van der Waals surface area contributed by atoms with Crippen molar-refractivity contribution in [3.05, 3.63) is 35.9 Å². The summed E-state index contributed by atoms with van der Waals surface area (Å²) >= 11 is 0.